The minimum Gasteiger partial charge on any atom is -0.341 e. The maximum atomic E-state index is 13.1. The summed E-state index contributed by atoms with van der Waals surface area (Å²) >= 11 is 1.49. The Balaban J connectivity index is 1.47. The van der Waals surface area contributed by atoms with Crippen LogP contribution in [0.5, 0.6) is 0 Å². The molecular weight excluding hydrogens is 413 g/mol. The molecule has 1 aromatic carbocycles. The van der Waals surface area contributed by atoms with Crippen molar-refractivity contribution in [2.45, 2.75) is 36.8 Å². The third kappa shape index (κ3) is 4.45. The van der Waals surface area contributed by atoms with Gasteiger partial charge < -0.3 is 4.90 Å². The van der Waals surface area contributed by atoms with Crippen molar-refractivity contribution < 1.29 is 18.0 Å². The zero-order valence-electron chi connectivity index (χ0n) is 16.4. The van der Waals surface area contributed by atoms with Crippen LogP contribution in [-0.4, -0.2) is 44.2 Å². The summed E-state index contributed by atoms with van der Waals surface area (Å²) in [6.45, 7) is 3.10. The molecule has 30 heavy (non-hydrogen) atoms. The maximum Gasteiger partial charge on any atom is 0.417 e. The molecule has 5 nitrogen and oxygen atoms in total. The lowest BCUT2D eigenvalue weighted by atomic mass is 9.97. The number of pyridine rings is 1. The number of thioether (sulfide) groups is 1. The Morgan fingerprint density at radius 2 is 1.93 bits per heavy atom. The summed E-state index contributed by atoms with van der Waals surface area (Å²) in [6, 6.07) is 10.3. The fraction of sp³-hybridized carbons (Fsp3) is 0.381. The molecule has 1 unspecified atom stereocenters. The molecule has 0 radical (unpaired) electrons. The van der Waals surface area contributed by atoms with Crippen molar-refractivity contribution in [3.05, 3.63) is 59.5 Å². The Labute approximate surface area is 176 Å². The summed E-state index contributed by atoms with van der Waals surface area (Å²) < 4.78 is 40.7. The summed E-state index contributed by atoms with van der Waals surface area (Å²) in [5.74, 6) is 0.676. The van der Waals surface area contributed by atoms with E-state index in [0.29, 0.717) is 30.3 Å². The molecule has 158 valence electrons. The lowest BCUT2D eigenvalue weighted by Crippen LogP contribution is -2.40. The first kappa shape index (κ1) is 20.7. The molecule has 1 amide bonds. The van der Waals surface area contributed by atoms with Crippen molar-refractivity contribution in [3.8, 4) is 0 Å². The summed E-state index contributed by atoms with van der Waals surface area (Å²) in [6.07, 6.45) is -1.86. The summed E-state index contributed by atoms with van der Waals surface area (Å²) in [4.78, 5) is 15.5. The van der Waals surface area contributed by atoms with Gasteiger partial charge in [-0.25, -0.2) is 0 Å². The van der Waals surface area contributed by atoms with E-state index in [-0.39, 0.29) is 11.8 Å². The van der Waals surface area contributed by atoms with E-state index in [1.807, 2.05) is 31.2 Å². The van der Waals surface area contributed by atoms with Gasteiger partial charge in [0, 0.05) is 30.1 Å². The zero-order chi connectivity index (χ0) is 21.3. The van der Waals surface area contributed by atoms with Crippen LogP contribution < -0.4 is 0 Å². The molecule has 3 heterocycles. The number of rotatable bonds is 4. The molecule has 1 aliphatic rings. The molecule has 9 heteroatoms. The normalized spacial score (nSPS) is 17.5. The predicted molar refractivity (Wildman–Crippen MR) is 108 cm³/mol. The van der Waals surface area contributed by atoms with Crippen LogP contribution in [0.1, 0.15) is 35.7 Å². The quantitative estimate of drug-likeness (QED) is 0.565. The van der Waals surface area contributed by atoms with Gasteiger partial charge in [0.15, 0.2) is 5.65 Å². The third-order valence-electron chi connectivity index (χ3n) is 5.28. The maximum absolute atomic E-state index is 13.1. The van der Waals surface area contributed by atoms with Crippen molar-refractivity contribution in [2.24, 2.45) is 0 Å². The van der Waals surface area contributed by atoms with Gasteiger partial charge in [-0.1, -0.05) is 17.7 Å². The van der Waals surface area contributed by atoms with Gasteiger partial charge in [0.2, 0.25) is 5.91 Å². The van der Waals surface area contributed by atoms with Crippen molar-refractivity contribution in [1.82, 2.24) is 19.5 Å². The van der Waals surface area contributed by atoms with Crippen molar-refractivity contribution in [3.63, 3.8) is 0 Å². The lowest BCUT2D eigenvalue weighted by molar-refractivity contribution is -0.137. The van der Waals surface area contributed by atoms with Gasteiger partial charge in [-0.15, -0.1) is 22.0 Å². The Morgan fingerprint density at radius 1 is 1.17 bits per heavy atom. The first-order valence-electron chi connectivity index (χ1n) is 9.70. The van der Waals surface area contributed by atoms with Crippen LogP contribution in [0.4, 0.5) is 13.2 Å². The highest BCUT2D eigenvalue weighted by Gasteiger charge is 2.32. The molecule has 1 aliphatic heterocycles. The molecule has 0 saturated carbocycles. The number of fused-ring (bicyclic) bond motifs is 1. The molecule has 4 rings (SSSR count). The van der Waals surface area contributed by atoms with E-state index in [0.717, 1.165) is 30.0 Å². The van der Waals surface area contributed by atoms with Crippen molar-refractivity contribution >= 4 is 23.3 Å². The molecule has 0 bridgehead atoms. The van der Waals surface area contributed by atoms with E-state index in [4.69, 9.17) is 0 Å². The largest absolute Gasteiger partial charge is 0.417 e. The highest BCUT2D eigenvalue weighted by molar-refractivity contribution is 8.00. The van der Waals surface area contributed by atoms with Gasteiger partial charge in [0.1, 0.15) is 5.82 Å². The average molecular weight is 434 g/mol. The number of carbonyl (C=O) groups excluding carboxylic acids is 1. The smallest absolute Gasteiger partial charge is 0.341 e. The topological polar surface area (TPSA) is 50.5 Å². The minimum atomic E-state index is -4.43. The van der Waals surface area contributed by atoms with Crippen LogP contribution in [0.25, 0.3) is 5.65 Å². The fourth-order valence-electron chi connectivity index (χ4n) is 3.64. The highest BCUT2D eigenvalue weighted by atomic mass is 32.2. The van der Waals surface area contributed by atoms with Crippen molar-refractivity contribution in [2.75, 3.05) is 18.8 Å². The second kappa shape index (κ2) is 8.29. The summed E-state index contributed by atoms with van der Waals surface area (Å²) in [5.41, 5.74) is 0.796. The van der Waals surface area contributed by atoms with Crippen molar-refractivity contribution in [1.29, 1.82) is 0 Å². The molecule has 1 atom stereocenters. The van der Waals surface area contributed by atoms with Crippen LogP contribution in [0, 0.1) is 6.92 Å². The summed E-state index contributed by atoms with van der Waals surface area (Å²) in [5, 5.41) is 8.15. The van der Waals surface area contributed by atoms with Gasteiger partial charge in [-0.3, -0.25) is 9.20 Å². The number of piperidine rings is 1. The van der Waals surface area contributed by atoms with E-state index in [1.54, 1.807) is 4.90 Å². The highest BCUT2D eigenvalue weighted by Crippen LogP contribution is 2.31. The zero-order valence-corrected chi connectivity index (χ0v) is 17.2. The number of amides is 1. The third-order valence-corrected chi connectivity index (χ3v) is 6.28. The Morgan fingerprint density at radius 3 is 2.67 bits per heavy atom. The minimum absolute atomic E-state index is 0.0232. The number of aryl methyl sites for hydroxylation is 1. The molecule has 3 aromatic rings. The monoisotopic (exact) mass is 434 g/mol. The predicted octanol–water partition coefficient (Wildman–Crippen LogP) is 4.55. The number of benzene rings is 1. The number of likely N-dealkylation sites (tertiary alicyclic amines) is 1. The number of aromatic nitrogens is 3. The van der Waals surface area contributed by atoms with Gasteiger partial charge in [0.05, 0.1) is 11.3 Å². The number of carbonyl (C=O) groups is 1. The molecule has 1 saturated heterocycles. The first-order valence-corrected chi connectivity index (χ1v) is 10.7. The van der Waals surface area contributed by atoms with Crippen LogP contribution >= 0.6 is 11.8 Å². The second-order valence-electron chi connectivity index (χ2n) is 7.48. The number of alkyl halides is 3. The van der Waals surface area contributed by atoms with E-state index < -0.39 is 11.7 Å². The standard InChI is InChI=1S/C21H21F3N4OS/c1-14-4-7-17(8-5-14)30-13-19(29)27-10-2-3-15(11-27)20-26-25-18-9-6-16(12-28(18)20)21(22,23)24/h4-9,12,15H,2-3,10-11,13H2,1H3. The number of halogens is 3. The average Bonchev–Trinajstić information content (AvgIpc) is 3.16. The first-order chi connectivity index (χ1) is 14.3. The Bertz CT molecular complexity index is 1050. The van der Waals surface area contributed by atoms with E-state index in [1.165, 1.54) is 27.8 Å². The molecule has 2 aromatic heterocycles. The van der Waals surface area contributed by atoms with Crippen LogP contribution in [-0.2, 0) is 11.0 Å². The van der Waals surface area contributed by atoms with E-state index in [2.05, 4.69) is 10.2 Å². The fourth-order valence-corrected chi connectivity index (χ4v) is 4.44. The summed E-state index contributed by atoms with van der Waals surface area (Å²) in [7, 11) is 0. The molecule has 0 N–H and O–H groups in total. The number of nitrogens with zero attached hydrogens (tertiary/aromatic N) is 4. The number of hydrogen-bond donors (Lipinski definition) is 0. The SMILES string of the molecule is Cc1ccc(SCC(=O)N2CCCC(c3nnc4ccc(C(F)(F)F)cn34)C2)cc1. The molecular formula is C21H21F3N4OS. The Hall–Kier alpha value is -2.55. The van der Waals surface area contributed by atoms with Gasteiger partial charge in [0.25, 0.3) is 0 Å². The Kier molecular flexibility index (Phi) is 5.73. The van der Waals surface area contributed by atoms with E-state index >= 15 is 0 Å². The molecule has 1 fully saturated rings. The van der Waals surface area contributed by atoms with E-state index in [9.17, 15) is 18.0 Å². The van der Waals surface area contributed by atoms with Crippen LogP contribution in [0.15, 0.2) is 47.5 Å². The second-order valence-corrected chi connectivity index (χ2v) is 8.53. The van der Waals surface area contributed by atoms with Crippen LogP contribution in [0.3, 0.4) is 0 Å². The number of hydrogen-bond acceptors (Lipinski definition) is 4. The van der Waals surface area contributed by atoms with Crippen LogP contribution in [0.2, 0.25) is 0 Å². The lowest BCUT2D eigenvalue weighted by Gasteiger charge is -2.32. The van der Waals surface area contributed by atoms with Gasteiger partial charge >= 0.3 is 6.18 Å². The molecule has 0 aliphatic carbocycles. The molecule has 0 spiro atoms. The van der Waals surface area contributed by atoms with Gasteiger partial charge in [-0.2, -0.15) is 13.2 Å². The van der Waals surface area contributed by atoms with Gasteiger partial charge in [-0.05, 0) is 44.0 Å².